The van der Waals surface area contributed by atoms with Crippen LogP contribution in [0.3, 0.4) is 0 Å². The second kappa shape index (κ2) is 5.61. The summed E-state index contributed by atoms with van der Waals surface area (Å²) in [5.74, 6) is 0.926. The summed E-state index contributed by atoms with van der Waals surface area (Å²) < 4.78 is 5.39. The molecule has 1 unspecified atom stereocenters. The quantitative estimate of drug-likeness (QED) is 0.916. The third-order valence-corrected chi connectivity index (χ3v) is 3.96. The van der Waals surface area contributed by atoms with Crippen LogP contribution in [0.15, 0.2) is 29.0 Å². The van der Waals surface area contributed by atoms with E-state index in [4.69, 9.17) is 4.42 Å². The number of anilines is 1. The average Bonchev–Trinajstić information content (AvgIpc) is 2.94. The van der Waals surface area contributed by atoms with Crippen molar-refractivity contribution in [1.29, 1.82) is 0 Å². The Morgan fingerprint density at radius 1 is 1.32 bits per heavy atom. The molecule has 3 rings (SSSR count). The van der Waals surface area contributed by atoms with E-state index in [0.717, 1.165) is 23.3 Å². The molecule has 1 N–H and O–H groups in total. The smallest absolute Gasteiger partial charge is 0.139 e. The van der Waals surface area contributed by atoms with Crippen molar-refractivity contribution in [3.63, 3.8) is 0 Å². The van der Waals surface area contributed by atoms with E-state index in [1.165, 1.54) is 32.4 Å². The molecular formula is C15H21N3O. The fourth-order valence-electron chi connectivity index (χ4n) is 2.77. The van der Waals surface area contributed by atoms with Gasteiger partial charge in [-0.3, -0.25) is 4.90 Å². The molecular weight excluding hydrogens is 238 g/mol. The van der Waals surface area contributed by atoms with Crippen LogP contribution < -0.4 is 5.32 Å². The van der Waals surface area contributed by atoms with Crippen LogP contribution in [-0.4, -0.2) is 35.6 Å². The maximum atomic E-state index is 5.39. The van der Waals surface area contributed by atoms with Crippen molar-refractivity contribution in [2.24, 2.45) is 0 Å². The molecule has 0 aromatic carbocycles. The summed E-state index contributed by atoms with van der Waals surface area (Å²) in [5.41, 5.74) is 0.892. The van der Waals surface area contributed by atoms with Gasteiger partial charge in [0.1, 0.15) is 11.4 Å². The maximum Gasteiger partial charge on any atom is 0.139 e. The molecule has 1 saturated heterocycles. The average molecular weight is 259 g/mol. The van der Waals surface area contributed by atoms with E-state index in [1.54, 1.807) is 12.5 Å². The molecule has 1 fully saturated rings. The van der Waals surface area contributed by atoms with Gasteiger partial charge in [-0.25, -0.2) is 4.98 Å². The third kappa shape index (κ3) is 2.73. The highest BCUT2D eigenvalue weighted by molar-refractivity contribution is 5.87. The van der Waals surface area contributed by atoms with E-state index in [0.29, 0.717) is 6.04 Å². The monoisotopic (exact) mass is 259 g/mol. The molecule has 1 atom stereocenters. The van der Waals surface area contributed by atoms with Gasteiger partial charge in [0, 0.05) is 18.8 Å². The number of nitrogens with one attached hydrogen (secondary N) is 1. The molecule has 4 nitrogen and oxygen atoms in total. The minimum Gasteiger partial charge on any atom is -0.464 e. The largest absolute Gasteiger partial charge is 0.464 e. The van der Waals surface area contributed by atoms with Crippen LogP contribution in [-0.2, 0) is 0 Å². The predicted octanol–water partition coefficient (Wildman–Crippen LogP) is 3.11. The summed E-state index contributed by atoms with van der Waals surface area (Å²) >= 11 is 0. The number of piperidine rings is 1. The zero-order chi connectivity index (χ0) is 13.1. The number of fused-ring (bicyclic) bond motifs is 1. The van der Waals surface area contributed by atoms with Gasteiger partial charge in [0.05, 0.1) is 11.6 Å². The van der Waals surface area contributed by atoms with E-state index in [-0.39, 0.29) is 0 Å². The van der Waals surface area contributed by atoms with Gasteiger partial charge in [-0.1, -0.05) is 6.42 Å². The molecule has 0 bridgehead atoms. The van der Waals surface area contributed by atoms with Gasteiger partial charge < -0.3 is 9.73 Å². The lowest BCUT2D eigenvalue weighted by molar-refractivity contribution is 0.180. The van der Waals surface area contributed by atoms with Gasteiger partial charge in [0.2, 0.25) is 0 Å². The number of rotatable bonds is 4. The summed E-state index contributed by atoms with van der Waals surface area (Å²) in [6, 6.07) is 4.41. The first-order valence-corrected chi connectivity index (χ1v) is 7.15. The Labute approximate surface area is 113 Å². The lowest BCUT2D eigenvalue weighted by Gasteiger charge is -2.32. The number of hydrogen-bond acceptors (Lipinski definition) is 4. The Bertz CT molecular complexity index is 531. The van der Waals surface area contributed by atoms with E-state index >= 15 is 0 Å². The van der Waals surface area contributed by atoms with Crippen LogP contribution in [0, 0.1) is 0 Å². The molecule has 4 heteroatoms. The summed E-state index contributed by atoms with van der Waals surface area (Å²) in [5, 5.41) is 4.52. The van der Waals surface area contributed by atoms with Gasteiger partial charge in [-0.15, -0.1) is 0 Å². The van der Waals surface area contributed by atoms with E-state index in [1.807, 2.05) is 12.1 Å². The second-order valence-corrected chi connectivity index (χ2v) is 5.32. The molecule has 102 valence electrons. The highest BCUT2D eigenvalue weighted by atomic mass is 16.3. The van der Waals surface area contributed by atoms with E-state index in [2.05, 4.69) is 22.1 Å². The second-order valence-electron chi connectivity index (χ2n) is 5.32. The fraction of sp³-hybridized carbons (Fsp3) is 0.533. The SMILES string of the molecule is CC(CNc1nccc2occc12)N1CCCCC1. The number of aromatic nitrogens is 1. The van der Waals surface area contributed by atoms with Gasteiger partial charge >= 0.3 is 0 Å². The van der Waals surface area contributed by atoms with Crippen LogP contribution in [0.2, 0.25) is 0 Å². The zero-order valence-electron chi connectivity index (χ0n) is 11.4. The van der Waals surface area contributed by atoms with Crippen molar-refractivity contribution in [2.45, 2.75) is 32.2 Å². The van der Waals surface area contributed by atoms with Crippen LogP contribution in [0.4, 0.5) is 5.82 Å². The number of pyridine rings is 1. The van der Waals surface area contributed by atoms with Crippen molar-refractivity contribution in [1.82, 2.24) is 9.88 Å². The van der Waals surface area contributed by atoms with Gasteiger partial charge in [0.25, 0.3) is 0 Å². The van der Waals surface area contributed by atoms with Crippen LogP contribution >= 0.6 is 0 Å². The highest BCUT2D eigenvalue weighted by Crippen LogP contribution is 2.22. The first-order chi connectivity index (χ1) is 9.34. The van der Waals surface area contributed by atoms with E-state index < -0.39 is 0 Å². The molecule has 0 saturated carbocycles. The van der Waals surface area contributed by atoms with Crippen LogP contribution in [0.25, 0.3) is 11.0 Å². The number of hydrogen-bond donors (Lipinski definition) is 1. The Morgan fingerprint density at radius 2 is 2.16 bits per heavy atom. The van der Waals surface area contributed by atoms with E-state index in [9.17, 15) is 0 Å². The van der Waals surface area contributed by atoms with Gasteiger partial charge in [-0.05, 0) is 45.0 Å². The maximum absolute atomic E-state index is 5.39. The molecule has 2 aromatic rings. The molecule has 2 aromatic heterocycles. The normalized spacial score (nSPS) is 18.6. The topological polar surface area (TPSA) is 41.3 Å². The summed E-state index contributed by atoms with van der Waals surface area (Å²) in [4.78, 5) is 6.97. The van der Waals surface area contributed by atoms with Crippen molar-refractivity contribution in [2.75, 3.05) is 25.0 Å². The zero-order valence-corrected chi connectivity index (χ0v) is 11.4. The van der Waals surface area contributed by atoms with Crippen molar-refractivity contribution in [3.05, 3.63) is 24.6 Å². The van der Waals surface area contributed by atoms with Gasteiger partial charge in [-0.2, -0.15) is 0 Å². The first kappa shape index (κ1) is 12.5. The Balaban J connectivity index is 1.63. The molecule has 1 aliphatic rings. The summed E-state index contributed by atoms with van der Waals surface area (Å²) in [6.07, 6.45) is 7.55. The third-order valence-electron chi connectivity index (χ3n) is 3.96. The van der Waals surface area contributed by atoms with Crippen molar-refractivity contribution in [3.8, 4) is 0 Å². The highest BCUT2D eigenvalue weighted by Gasteiger charge is 2.16. The number of likely N-dealkylation sites (tertiary alicyclic amines) is 1. The molecule has 0 aliphatic carbocycles. The summed E-state index contributed by atoms with van der Waals surface area (Å²) in [7, 11) is 0. The van der Waals surface area contributed by atoms with Gasteiger partial charge in [0.15, 0.2) is 0 Å². The summed E-state index contributed by atoms with van der Waals surface area (Å²) in [6.45, 7) is 5.67. The minimum atomic E-state index is 0.546. The Hall–Kier alpha value is -1.55. The minimum absolute atomic E-state index is 0.546. The molecule has 3 heterocycles. The molecule has 1 aliphatic heterocycles. The van der Waals surface area contributed by atoms with Crippen LogP contribution in [0.5, 0.6) is 0 Å². The Morgan fingerprint density at radius 3 is 3.00 bits per heavy atom. The first-order valence-electron chi connectivity index (χ1n) is 7.15. The number of nitrogens with zero attached hydrogens (tertiary/aromatic N) is 2. The fourth-order valence-corrected chi connectivity index (χ4v) is 2.77. The van der Waals surface area contributed by atoms with Crippen molar-refractivity contribution < 1.29 is 4.42 Å². The Kier molecular flexibility index (Phi) is 3.69. The van der Waals surface area contributed by atoms with Crippen molar-refractivity contribution >= 4 is 16.8 Å². The molecule has 0 spiro atoms. The lowest BCUT2D eigenvalue weighted by atomic mass is 10.1. The number of furan rings is 1. The van der Waals surface area contributed by atoms with Crippen LogP contribution in [0.1, 0.15) is 26.2 Å². The lowest BCUT2D eigenvalue weighted by Crippen LogP contribution is -2.41. The molecule has 0 radical (unpaired) electrons. The molecule has 19 heavy (non-hydrogen) atoms. The standard InChI is InChI=1S/C15H21N3O/c1-12(18-8-3-2-4-9-18)11-17-15-13-6-10-19-14(13)5-7-16-15/h5-7,10,12H,2-4,8-9,11H2,1H3,(H,16,17). The molecule has 0 amide bonds. The predicted molar refractivity (Wildman–Crippen MR) is 77.4 cm³/mol.